The van der Waals surface area contributed by atoms with Crippen molar-refractivity contribution in [3.05, 3.63) is 76.8 Å². The summed E-state index contributed by atoms with van der Waals surface area (Å²) in [7, 11) is -3.70. The van der Waals surface area contributed by atoms with Crippen LogP contribution in [0.3, 0.4) is 0 Å². The average Bonchev–Trinajstić information content (AvgIpc) is 2.80. The molecule has 2 heterocycles. The van der Waals surface area contributed by atoms with E-state index in [1.807, 2.05) is 47.4 Å². The van der Waals surface area contributed by atoms with E-state index in [9.17, 15) is 18.5 Å². The second-order valence-electron chi connectivity index (χ2n) is 6.78. The van der Waals surface area contributed by atoms with Gasteiger partial charge in [0.05, 0.1) is 15.5 Å². The number of anilines is 1. The molecule has 0 spiro atoms. The van der Waals surface area contributed by atoms with Gasteiger partial charge < -0.3 is 4.90 Å². The highest BCUT2D eigenvalue weighted by Gasteiger charge is 2.29. The van der Waals surface area contributed by atoms with Crippen LogP contribution in [0.2, 0.25) is 0 Å². The fourth-order valence-electron chi connectivity index (χ4n) is 3.30. The van der Waals surface area contributed by atoms with Gasteiger partial charge in [0.25, 0.3) is 5.69 Å². The van der Waals surface area contributed by atoms with Crippen LogP contribution in [-0.4, -0.2) is 54.0 Å². The maximum absolute atomic E-state index is 12.8. The second kappa shape index (κ2) is 8.17. The van der Waals surface area contributed by atoms with Crippen LogP contribution < -0.4 is 4.90 Å². The summed E-state index contributed by atoms with van der Waals surface area (Å²) in [4.78, 5) is 12.2. The number of non-ortho nitro benzene ring substituents is 1. The summed E-state index contributed by atoms with van der Waals surface area (Å²) in [6.45, 7) is 1.54. The molecule has 9 nitrogen and oxygen atoms in total. The SMILES string of the molecule is O=[N+]([O-])c1ccc(S(=O)(=O)N2CCN(c3ccc(-c4ccccc4)nn3)CC2)cc1. The molecule has 2 aromatic carbocycles. The van der Waals surface area contributed by atoms with E-state index in [2.05, 4.69) is 10.2 Å². The first-order valence-corrected chi connectivity index (χ1v) is 10.8. The first kappa shape index (κ1) is 19.9. The van der Waals surface area contributed by atoms with Crippen LogP contribution in [-0.2, 0) is 10.0 Å². The normalized spacial score (nSPS) is 15.1. The molecule has 0 amide bonds. The van der Waals surface area contributed by atoms with Crippen LogP contribution >= 0.6 is 0 Å². The molecule has 0 N–H and O–H groups in total. The van der Waals surface area contributed by atoms with Crippen LogP contribution in [0.5, 0.6) is 0 Å². The van der Waals surface area contributed by atoms with Gasteiger partial charge in [-0.1, -0.05) is 30.3 Å². The largest absolute Gasteiger partial charge is 0.352 e. The van der Waals surface area contributed by atoms with Crippen molar-refractivity contribution in [2.24, 2.45) is 0 Å². The number of rotatable bonds is 5. The van der Waals surface area contributed by atoms with Crippen molar-refractivity contribution < 1.29 is 13.3 Å². The Morgan fingerprint density at radius 2 is 1.50 bits per heavy atom. The molecule has 30 heavy (non-hydrogen) atoms. The van der Waals surface area contributed by atoms with Gasteiger partial charge in [0.15, 0.2) is 5.82 Å². The molecule has 0 unspecified atom stereocenters. The van der Waals surface area contributed by atoms with Gasteiger partial charge in [0, 0.05) is 43.9 Å². The summed E-state index contributed by atoms with van der Waals surface area (Å²) in [5.41, 5.74) is 1.62. The maximum Gasteiger partial charge on any atom is 0.269 e. The van der Waals surface area contributed by atoms with Crippen molar-refractivity contribution in [1.29, 1.82) is 0 Å². The first-order valence-electron chi connectivity index (χ1n) is 9.34. The molecule has 1 aliphatic rings. The smallest absolute Gasteiger partial charge is 0.269 e. The molecule has 0 radical (unpaired) electrons. The third kappa shape index (κ3) is 4.00. The first-order chi connectivity index (χ1) is 14.4. The highest BCUT2D eigenvalue weighted by atomic mass is 32.2. The Kier molecular flexibility index (Phi) is 5.42. The van der Waals surface area contributed by atoms with E-state index in [-0.39, 0.29) is 10.6 Å². The fraction of sp³-hybridized carbons (Fsp3) is 0.200. The summed E-state index contributed by atoms with van der Waals surface area (Å²) in [5.74, 6) is 0.696. The Hall–Kier alpha value is -3.37. The van der Waals surface area contributed by atoms with Crippen LogP contribution in [0, 0.1) is 10.1 Å². The van der Waals surface area contributed by atoms with E-state index >= 15 is 0 Å². The van der Waals surface area contributed by atoms with Crippen molar-refractivity contribution in [1.82, 2.24) is 14.5 Å². The van der Waals surface area contributed by atoms with E-state index in [1.54, 1.807) is 0 Å². The molecule has 4 rings (SSSR count). The molecule has 3 aromatic rings. The molecule has 0 atom stereocenters. The zero-order chi connectivity index (χ0) is 21.1. The number of aromatic nitrogens is 2. The summed E-state index contributed by atoms with van der Waals surface area (Å²) in [5, 5.41) is 19.3. The summed E-state index contributed by atoms with van der Waals surface area (Å²) in [6, 6.07) is 18.5. The lowest BCUT2D eigenvalue weighted by molar-refractivity contribution is -0.384. The van der Waals surface area contributed by atoms with Crippen molar-refractivity contribution in [3.8, 4) is 11.3 Å². The lowest BCUT2D eigenvalue weighted by Crippen LogP contribution is -2.48. The summed E-state index contributed by atoms with van der Waals surface area (Å²) in [6.07, 6.45) is 0. The zero-order valence-corrected chi connectivity index (χ0v) is 16.8. The number of benzene rings is 2. The Bertz CT molecular complexity index is 1130. The molecule has 0 aliphatic carbocycles. The Morgan fingerprint density at radius 1 is 0.833 bits per heavy atom. The van der Waals surface area contributed by atoms with Gasteiger partial charge in [0.2, 0.25) is 10.0 Å². The van der Waals surface area contributed by atoms with Crippen LogP contribution in [0.1, 0.15) is 0 Å². The van der Waals surface area contributed by atoms with E-state index < -0.39 is 14.9 Å². The number of nitro benzene ring substituents is 1. The van der Waals surface area contributed by atoms with Crippen LogP contribution in [0.15, 0.2) is 71.6 Å². The molecule has 0 bridgehead atoms. The number of hydrogen-bond acceptors (Lipinski definition) is 7. The van der Waals surface area contributed by atoms with E-state index in [0.29, 0.717) is 32.0 Å². The minimum absolute atomic E-state index is 0.0496. The van der Waals surface area contributed by atoms with Gasteiger partial charge in [-0.05, 0) is 24.3 Å². The minimum Gasteiger partial charge on any atom is -0.352 e. The lowest BCUT2D eigenvalue weighted by Gasteiger charge is -2.34. The molecule has 0 saturated carbocycles. The molecule has 1 fully saturated rings. The van der Waals surface area contributed by atoms with Crippen molar-refractivity contribution in [2.75, 3.05) is 31.1 Å². The minimum atomic E-state index is -3.70. The maximum atomic E-state index is 12.8. The number of nitro groups is 1. The predicted octanol–water partition coefficient (Wildman–Crippen LogP) is 2.56. The Labute approximate surface area is 173 Å². The van der Waals surface area contributed by atoms with Crippen LogP contribution in [0.25, 0.3) is 11.3 Å². The van der Waals surface area contributed by atoms with Gasteiger partial charge in [-0.2, -0.15) is 4.31 Å². The van der Waals surface area contributed by atoms with Crippen LogP contribution in [0.4, 0.5) is 11.5 Å². The van der Waals surface area contributed by atoms with Crippen molar-refractivity contribution in [2.45, 2.75) is 4.90 Å². The standard InChI is InChI=1S/C20H19N5O4S/c26-25(27)17-6-8-18(9-7-17)30(28,29)24-14-12-23(13-15-24)20-11-10-19(21-22-20)16-4-2-1-3-5-16/h1-11H,12-15H2. The average molecular weight is 425 g/mol. The van der Waals surface area contributed by atoms with E-state index in [4.69, 9.17) is 0 Å². The van der Waals surface area contributed by atoms with Crippen molar-refractivity contribution >= 4 is 21.5 Å². The molecule has 154 valence electrons. The molecular formula is C20H19N5O4S. The fourth-order valence-corrected chi connectivity index (χ4v) is 4.73. The van der Waals surface area contributed by atoms with Gasteiger partial charge in [-0.3, -0.25) is 10.1 Å². The predicted molar refractivity (Wildman–Crippen MR) is 112 cm³/mol. The highest BCUT2D eigenvalue weighted by molar-refractivity contribution is 7.89. The molecule has 1 saturated heterocycles. The monoisotopic (exact) mass is 425 g/mol. The lowest BCUT2D eigenvalue weighted by atomic mass is 10.1. The van der Waals surface area contributed by atoms with Gasteiger partial charge in [0.1, 0.15) is 0 Å². The van der Waals surface area contributed by atoms with Crippen molar-refractivity contribution in [3.63, 3.8) is 0 Å². The van der Waals surface area contributed by atoms with Gasteiger partial charge in [-0.15, -0.1) is 10.2 Å². The Morgan fingerprint density at radius 3 is 2.07 bits per heavy atom. The van der Waals surface area contributed by atoms with Gasteiger partial charge in [-0.25, -0.2) is 8.42 Å². The molecule has 1 aliphatic heterocycles. The summed E-state index contributed by atoms with van der Waals surface area (Å²) >= 11 is 0. The summed E-state index contributed by atoms with van der Waals surface area (Å²) < 4.78 is 27.0. The number of nitrogens with zero attached hydrogens (tertiary/aromatic N) is 5. The Balaban J connectivity index is 1.42. The topological polar surface area (TPSA) is 110 Å². The number of piperazine rings is 1. The third-order valence-electron chi connectivity index (χ3n) is 4.97. The number of sulfonamides is 1. The zero-order valence-electron chi connectivity index (χ0n) is 16.0. The second-order valence-corrected chi connectivity index (χ2v) is 8.72. The van der Waals surface area contributed by atoms with E-state index in [0.717, 1.165) is 11.3 Å². The van der Waals surface area contributed by atoms with Gasteiger partial charge >= 0.3 is 0 Å². The third-order valence-corrected chi connectivity index (χ3v) is 6.88. The molecular weight excluding hydrogens is 406 g/mol. The molecule has 10 heteroatoms. The quantitative estimate of drug-likeness (QED) is 0.456. The number of hydrogen-bond donors (Lipinski definition) is 0. The van der Waals surface area contributed by atoms with E-state index in [1.165, 1.54) is 28.6 Å². The highest BCUT2D eigenvalue weighted by Crippen LogP contribution is 2.23. The molecule has 1 aromatic heterocycles.